The monoisotopic (exact) mass is 370 g/mol. The first kappa shape index (κ1) is 17.9. The van der Waals surface area contributed by atoms with Crippen LogP contribution in [0.5, 0.6) is 0 Å². The molecule has 1 amide bonds. The van der Waals surface area contributed by atoms with Gasteiger partial charge in [0, 0.05) is 18.3 Å². The zero-order chi connectivity index (χ0) is 19.3. The first-order chi connectivity index (χ1) is 13.7. The minimum absolute atomic E-state index is 0.110. The van der Waals surface area contributed by atoms with Crippen LogP contribution in [-0.4, -0.2) is 20.4 Å². The summed E-state index contributed by atoms with van der Waals surface area (Å²) in [5, 5.41) is 2.93. The molecule has 0 bridgehead atoms. The molecule has 2 heterocycles. The predicted molar refractivity (Wildman–Crippen MR) is 110 cm³/mol. The lowest BCUT2D eigenvalue weighted by atomic mass is 10.1. The lowest BCUT2D eigenvalue weighted by Crippen LogP contribution is -2.23. The molecule has 5 nitrogen and oxygen atoms in total. The summed E-state index contributed by atoms with van der Waals surface area (Å²) in [6, 6.07) is 21.7. The molecular weight excluding hydrogens is 348 g/mol. The third kappa shape index (κ3) is 3.93. The molecule has 0 unspecified atom stereocenters. The van der Waals surface area contributed by atoms with Crippen molar-refractivity contribution in [1.82, 2.24) is 19.9 Å². The van der Waals surface area contributed by atoms with Gasteiger partial charge in [0.25, 0.3) is 5.91 Å². The van der Waals surface area contributed by atoms with Gasteiger partial charge in [-0.05, 0) is 49.2 Å². The molecule has 28 heavy (non-hydrogen) atoms. The summed E-state index contributed by atoms with van der Waals surface area (Å²) in [5.74, 6) is 0.845. The Balaban J connectivity index is 1.53. The van der Waals surface area contributed by atoms with E-state index in [2.05, 4.69) is 44.1 Å². The van der Waals surface area contributed by atoms with Crippen LogP contribution in [0, 0.1) is 6.92 Å². The topological polar surface area (TPSA) is 59.8 Å². The second-order valence-electron chi connectivity index (χ2n) is 6.75. The van der Waals surface area contributed by atoms with Gasteiger partial charge in [-0.1, -0.05) is 36.4 Å². The van der Waals surface area contributed by atoms with E-state index in [1.807, 2.05) is 49.4 Å². The summed E-state index contributed by atoms with van der Waals surface area (Å²) in [6.45, 7) is 3.24. The van der Waals surface area contributed by atoms with Gasteiger partial charge >= 0.3 is 0 Å². The number of nitrogens with one attached hydrogen (secondary N) is 1. The van der Waals surface area contributed by atoms with E-state index in [4.69, 9.17) is 0 Å². The third-order valence-corrected chi connectivity index (χ3v) is 4.82. The van der Waals surface area contributed by atoms with E-state index in [-0.39, 0.29) is 5.91 Å². The fourth-order valence-corrected chi connectivity index (χ4v) is 3.33. The molecule has 140 valence electrons. The van der Waals surface area contributed by atoms with Crippen LogP contribution in [0.2, 0.25) is 0 Å². The Morgan fingerprint density at radius 3 is 2.64 bits per heavy atom. The molecular formula is C23H22N4O. The minimum atomic E-state index is -0.110. The van der Waals surface area contributed by atoms with Crippen LogP contribution in [0.1, 0.15) is 27.4 Å². The molecule has 0 aliphatic carbocycles. The van der Waals surface area contributed by atoms with E-state index < -0.39 is 0 Å². The highest BCUT2D eigenvalue weighted by Crippen LogP contribution is 2.19. The fourth-order valence-electron chi connectivity index (χ4n) is 3.33. The molecule has 0 fully saturated rings. The van der Waals surface area contributed by atoms with Crippen LogP contribution in [0.15, 0.2) is 72.9 Å². The van der Waals surface area contributed by atoms with E-state index in [1.165, 1.54) is 5.56 Å². The molecule has 0 aliphatic rings. The molecule has 0 radical (unpaired) electrons. The molecule has 2 aromatic heterocycles. The van der Waals surface area contributed by atoms with Gasteiger partial charge in [0.1, 0.15) is 5.82 Å². The van der Waals surface area contributed by atoms with E-state index >= 15 is 0 Å². The standard InChI is InChI=1S/C23H22N4O/c1-17-26-21-11-10-19(23(28)25-16-20-9-5-6-13-24-20)15-22(21)27(17)14-12-18-7-3-2-4-8-18/h2-11,13,15H,12,14,16H2,1H3,(H,25,28). The van der Waals surface area contributed by atoms with E-state index in [9.17, 15) is 4.79 Å². The van der Waals surface area contributed by atoms with Gasteiger partial charge < -0.3 is 9.88 Å². The number of rotatable bonds is 6. The van der Waals surface area contributed by atoms with Crippen LogP contribution in [-0.2, 0) is 19.5 Å². The number of aromatic nitrogens is 3. The number of hydrogen-bond donors (Lipinski definition) is 1. The maximum Gasteiger partial charge on any atom is 0.251 e. The van der Waals surface area contributed by atoms with Crippen molar-refractivity contribution in [3.05, 3.63) is 95.6 Å². The van der Waals surface area contributed by atoms with Crippen molar-refractivity contribution < 1.29 is 4.79 Å². The van der Waals surface area contributed by atoms with E-state index in [1.54, 1.807) is 6.20 Å². The number of benzene rings is 2. The van der Waals surface area contributed by atoms with Gasteiger partial charge in [-0.25, -0.2) is 4.98 Å². The summed E-state index contributed by atoms with van der Waals surface area (Å²) in [7, 11) is 0. The molecule has 0 aliphatic heterocycles. The lowest BCUT2D eigenvalue weighted by molar-refractivity contribution is 0.0950. The van der Waals surface area contributed by atoms with Crippen molar-refractivity contribution in [2.75, 3.05) is 0 Å². The number of hydrogen-bond acceptors (Lipinski definition) is 3. The number of amides is 1. The molecule has 4 aromatic rings. The fraction of sp³-hybridized carbons (Fsp3) is 0.174. The van der Waals surface area contributed by atoms with Gasteiger partial charge in [-0.2, -0.15) is 0 Å². The molecule has 4 rings (SSSR count). The molecule has 0 atom stereocenters. The Kier molecular flexibility index (Phi) is 5.15. The number of aryl methyl sites for hydroxylation is 3. The first-order valence-corrected chi connectivity index (χ1v) is 9.39. The normalized spacial score (nSPS) is 10.9. The molecule has 0 saturated heterocycles. The van der Waals surface area contributed by atoms with Gasteiger partial charge in [-0.15, -0.1) is 0 Å². The molecule has 0 spiro atoms. The number of carbonyl (C=O) groups is 1. The van der Waals surface area contributed by atoms with Crippen LogP contribution in [0.25, 0.3) is 11.0 Å². The summed E-state index contributed by atoms with van der Waals surface area (Å²) < 4.78 is 2.18. The van der Waals surface area contributed by atoms with Gasteiger partial charge in [0.15, 0.2) is 0 Å². The number of fused-ring (bicyclic) bond motifs is 1. The highest BCUT2D eigenvalue weighted by atomic mass is 16.1. The van der Waals surface area contributed by atoms with Crippen LogP contribution in [0.3, 0.4) is 0 Å². The Morgan fingerprint density at radius 1 is 1.04 bits per heavy atom. The quantitative estimate of drug-likeness (QED) is 0.560. The molecule has 2 aromatic carbocycles. The second-order valence-corrected chi connectivity index (χ2v) is 6.75. The summed E-state index contributed by atoms with van der Waals surface area (Å²) in [6.07, 6.45) is 2.64. The summed E-state index contributed by atoms with van der Waals surface area (Å²) in [5.41, 5.74) is 4.64. The maximum atomic E-state index is 12.6. The number of nitrogens with zero attached hydrogens (tertiary/aromatic N) is 3. The highest BCUT2D eigenvalue weighted by Gasteiger charge is 2.12. The van der Waals surface area contributed by atoms with Crippen molar-refractivity contribution in [2.24, 2.45) is 0 Å². The van der Waals surface area contributed by atoms with Crippen molar-refractivity contribution >= 4 is 16.9 Å². The van der Waals surface area contributed by atoms with Crippen molar-refractivity contribution in [3.63, 3.8) is 0 Å². The maximum absolute atomic E-state index is 12.6. The number of imidazole rings is 1. The van der Waals surface area contributed by atoms with Crippen LogP contribution in [0.4, 0.5) is 0 Å². The highest BCUT2D eigenvalue weighted by molar-refractivity contribution is 5.97. The predicted octanol–water partition coefficient (Wildman–Crippen LogP) is 3.91. The van der Waals surface area contributed by atoms with Gasteiger partial charge in [-0.3, -0.25) is 9.78 Å². The van der Waals surface area contributed by atoms with Crippen LogP contribution < -0.4 is 5.32 Å². The minimum Gasteiger partial charge on any atom is -0.346 e. The Hall–Kier alpha value is -3.47. The Morgan fingerprint density at radius 2 is 1.86 bits per heavy atom. The SMILES string of the molecule is Cc1nc2ccc(C(=O)NCc3ccccn3)cc2n1CCc1ccccc1. The number of pyridine rings is 1. The van der Waals surface area contributed by atoms with Crippen molar-refractivity contribution in [3.8, 4) is 0 Å². The Labute approximate surface area is 164 Å². The third-order valence-electron chi connectivity index (χ3n) is 4.82. The molecule has 5 heteroatoms. The van der Waals surface area contributed by atoms with Gasteiger partial charge in [0.05, 0.1) is 23.3 Å². The average molecular weight is 370 g/mol. The zero-order valence-corrected chi connectivity index (χ0v) is 15.8. The van der Waals surface area contributed by atoms with Crippen molar-refractivity contribution in [2.45, 2.75) is 26.4 Å². The Bertz CT molecular complexity index is 1090. The summed E-state index contributed by atoms with van der Waals surface area (Å²) in [4.78, 5) is 21.5. The van der Waals surface area contributed by atoms with E-state index in [0.717, 1.165) is 35.5 Å². The second kappa shape index (κ2) is 8.05. The number of carbonyl (C=O) groups excluding carboxylic acids is 1. The lowest BCUT2D eigenvalue weighted by Gasteiger charge is -2.09. The smallest absolute Gasteiger partial charge is 0.251 e. The first-order valence-electron chi connectivity index (χ1n) is 9.39. The zero-order valence-electron chi connectivity index (χ0n) is 15.8. The van der Waals surface area contributed by atoms with Gasteiger partial charge in [0.2, 0.25) is 0 Å². The molecule has 1 N–H and O–H groups in total. The van der Waals surface area contributed by atoms with Crippen LogP contribution >= 0.6 is 0 Å². The van der Waals surface area contributed by atoms with Crippen molar-refractivity contribution in [1.29, 1.82) is 0 Å². The summed E-state index contributed by atoms with van der Waals surface area (Å²) >= 11 is 0. The average Bonchev–Trinajstić information content (AvgIpc) is 3.06. The van der Waals surface area contributed by atoms with E-state index in [0.29, 0.717) is 12.1 Å². The largest absolute Gasteiger partial charge is 0.346 e. The molecule has 0 saturated carbocycles.